The van der Waals surface area contributed by atoms with Crippen molar-refractivity contribution in [1.29, 1.82) is 0 Å². The Labute approximate surface area is 100 Å². The van der Waals surface area contributed by atoms with Crippen molar-refractivity contribution in [2.24, 2.45) is 5.41 Å². The summed E-state index contributed by atoms with van der Waals surface area (Å²) in [6.07, 6.45) is -0.331. The van der Waals surface area contributed by atoms with E-state index in [2.05, 4.69) is 0 Å². The van der Waals surface area contributed by atoms with Crippen LogP contribution in [0.2, 0.25) is 0 Å². The molecule has 1 saturated heterocycles. The molecule has 0 bridgehead atoms. The maximum atomic E-state index is 13.1. The quantitative estimate of drug-likeness (QED) is 0.771. The van der Waals surface area contributed by atoms with Crippen LogP contribution in [0.3, 0.4) is 0 Å². The summed E-state index contributed by atoms with van der Waals surface area (Å²) in [4.78, 5) is 12.3. The van der Waals surface area contributed by atoms with Crippen LogP contribution in [-0.4, -0.2) is 37.6 Å². The highest BCUT2D eigenvalue weighted by Gasteiger charge is 2.51. The molecule has 0 aromatic heterocycles. The summed E-state index contributed by atoms with van der Waals surface area (Å²) in [5.41, 5.74) is -1.85. The molecule has 0 amide bonds. The number of carbonyl (C=O) groups excluding carboxylic acids is 1. The van der Waals surface area contributed by atoms with E-state index in [-0.39, 0.29) is 25.2 Å². The van der Waals surface area contributed by atoms with Crippen molar-refractivity contribution in [3.05, 3.63) is 0 Å². The zero-order chi connectivity index (χ0) is 13.3. The lowest BCUT2D eigenvalue weighted by Gasteiger charge is -2.41. The second-order valence-electron chi connectivity index (χ2n) is 5.65. The van der Waals surface area contributed by atoms with Crippen molar-refractivity contribution in [2.75, 3.05) is 20.3 Å². The molecule has 17 heavy (non-hydrogen) atoms. The first-order chi connectivity index (χ1) is 7.63. The molecule has 5 heteroatoms. The lowest BCUT2D eigenvalue weighted by molar-refractivity contribution is -0.208. The smallest absolute Gasteiger partial charge is 0.271 e. The van der Waals surface area contributed by atoms with E-state index < -0.39 is 23.5 Å². The van der Waals surface area contributed by atoms with Gasteiger partial charge >= 0.3 is 0 Å². The summed E-state index contributed by atoms with van der Waals surface area (Å²) < 4.78 is 36.3. The van der Waals surface area contributed by atoms with Crippen LogP contribution in [0.4, 0.5) is 8.78 Å². The SMILES string of the molecule is COCC1(C(=O)C(C)(C)C)CCC(F)(F)CO1. The van der Waals surface area contributed by atoms with Gasteiger partial charge in [-0.2, -0.15) is 0 Å². The van der Waals surface area contributed by atoms with Crippen molar-refractivity contribution in [1.82, 2.24) is 0 Å². The van der Waals surface area contributed by atoms with Crippen LogP contribution in [0.5, 0.6) is 0 Å². The summed E-state index contributed by atoms with van der Waals surface area (Å²) in [6, 6.07) is 0. The van der Waals surface area contributed by atoms with E-state index in [9.17, 15) is 13.6 Å². The number of rotatable bonds is 3. The number of methoxy groups -OCH3 is 1. The fraction of sp³-hybridized carbons (Fsp3) is 0.917. The first-order valence-electron chi connectivity index (χ1n) is 5.69. The number of ether oxygens (including phenoxy) is 2. The Morgan fingerprint density at radius 3 is 2.29 bits per heavy atom. The Balaban J connectivity index is 2.89. The van der Waals surface area contributed by atoms with Crippen LogP contribution < -0.4 is 0 Å². The number of Topliss-reactive ketones (excluding diaryl/α,β-unsaturated/α-hetero) is 1. The molecule has 1 heterocycles. The highest BCUT2D eigenvalue weighted by atomic mass is 19.3. The normalized spacial score (nSPS) is 29.1. The number of halogens is 2. The van der Waals surface area contributed by atoms with Gasteiger partial charge < -0.3 is 9.47 Å². The Kier molecular flexibility index (Phi) is 3.94. The van der Waals surface area contributed by atoms with Crippen LogP contribution in [0.15, 0.2) is 0 Å². The first-order valence-corrected chi connectivity index (χ1v) is 5.69. The van der Waals surface area contributed by atoms with E-state index in [1.807, 2.05) is 0 Å². The molecule has 0 aromatic rings. The highest BCUT2D eigenvalue weighted by molar-refractivity contribution is 5.92. The van der Waals surface area contributed by atoms with E-state index in [1.54, 1.807) is 20.8 Å². The van der Waals surface area contributed by atoms with Crippen molar-refractivity contribution >= 4 is 5.78 Å². The summed E-state index contributed by atoms with van der Waals surface area (Å²) >= 11 is 0. The molecule has 0 radical (unpaired) electrons. The lowest BCUT2D eigenvalue weighted by Crippen LogP contribution is -2.56. The molecule has 1 aliphatic heterocycles. The maximum absolute atomic E-state index is 13.1. The minimum absolute atomic E-state index is 0.00391. The lowest BCUT2D eigenvalue weighted by atomic mass is 9.77. The van der Waals surface area contributed by atoms with Crippen molar-refractivity contribution in [3.8, 4) is 0 Å². The average Bonchev–Trinajstić information content (AvgIpc) is 2.20. The van der Waals surface area contributed by atoms with E-state index in [0.717, 1.165) is 0 Å². The van der Waals surface area contributed by atoms with Gasteiger partial charge in [-0.3, -0.25) is 4.79 Å². The number of carbonyl (C=O) groups is 1. The third kappa shape index (κ3) is 3.22. The van der Waals surface area contributed by atoms with Crippen LogP contribution in [0.1, 0.15) is 33.6 Å². The monoisotopic (exact) mass is 250 g/mol. The second kappa shape index (κ2) is 4.61. The molecule has 0 spiro atoms. The number of hydrogen-bond donors (Lipinski definition) is 0. The first kappa shape index (κ1) is 14.5. The van der Waals surface area contributed by atoms with Gasteiger partial charge in [0.1, 0.15) is 6.61 Å². The topological polar surface area (TPSA) is 35.5 Å². The van der Waals surface area contributed by atoms with Gasteiger partial charge in [0.15, 0.2) is 11.4 Å². The molecule has 1 atom stereocenters. The Hall–Kier alpha value is -0.550. The predicted molar refractivity (Wildman–Crippen MR) is 59.2 cm³/mol. The van der Waals surface area contributed by atoms with Gasteiger partial charge in [0.05, 0.1) is 6.61 Å². The van der Waals surface area contributed by atoms with Crippen LogP contribution in [0.25, 0.3) is 0 Å². The molecule has 0 aliphatic carbocycles. The summed E-state index contributed by atoms with van der Waals surface area (Å²) in [7, 11) is 1.44. The number of alkyl halides is 2. The predicted octanol–water partition coefficient (Wildman–Crippen LogP) is 2.43. The molecule has 1 fully saturated rings. The van der Waals surface area contributed by atoms with E-state index in [4.69, 9.17) is 9.47 Å². The highest BCUT2D eigenvalue weighted by Crippen LogP contribution is 2.38. The van der Waals surface area contributed by atoms with Gasteiger partial charge in [-0.05, 0) is 6.42 Å². The van der Waals surface area contributed by atoms with Gasteiger partial charge in [0.25, 0.3) is 5.92 Å². The molecular formula is C12H20F2O3. The average molecular weight is 250 g/mol. The van der Waals surface area contributed by atoms with Crippen molar-refractivity contribution in [3.63, 3.8) is 0 Å². The number of ketones is 1. The minimum atomic E-state index is -2.84. The molecule has 1 aliphatic rings. The van der Waals surface area contributed by atoms with Crippen molar-refractivity contribution < 1.29 is 23.0 Å². The van der Waals surface area contributed by atoms with Gasteiger partial charge in [-0.15, -0.1) is 0 Å². The zero-order valence-electron chi connectivity index (χ0n) is 10.8. The van der Waals surface area contributed by atoms with Gasteiger partial charge in [-0.25, -0.2) is 8.78 Å². The molecule has 100 valence electrons. The van der Waals surface area contributed by atoms with E-state index >= 15 is 0 Å². The standard InChI is InChI=1S/C12H20F2O3/c1-10(2,3)9(15)11(7-16-4)5-6-12(13,14)8-17-11/h5-8H2,1-4H3. The summed E-state index contributed by atoms with van der Waals surface area (Å²) in [6.45, 7) is 4.58. The third-order valence-electron chi connectivity index (χ3n) is 2.93. The van der Waals surface area contributed by atoms with E-state index in [0.29, 0.717) is 0 Å². The molecule has 0 N–H and O–H groups in total. The van der Waals surface area contributed by atoms with Crippen LogP contribution in [0, 0.1) is 5.41 Å². The third-order valence-corrected chi connectivity index (χ3v) is 2.93. The molecular weight excluding hydrogens is 230 g/mol. The zero-order valence-corrected chi connectivity index (χ0v) is 10.8. The molecule has 0 saturated carbocycles. The molecule has 1 unspecified atom stereocenters. The maximum Gasteiger partial charge on any atom is 0.271 e. The molecule has 1 rings (SSSR count). The van der Waals surface area contributed by atoms with Gasteiger partial charge in [0, 0.05) is 18.9 Å². The number of hydrogen-bond acceptors (Lipinski definition) is 3. The van der Waals surface area contributed by atoms with E-state index in [1.165, 1.54) is 7.11 Å². The fourth-order valence-corrected chi connectivity index (χ4v) is 2.05. The summed E-state index contributed by atoms with van der Waals surface area (Å²) in [5.74, 6) is -3.02. The molecule has 0 aromatic carbocycles. The Morgan fingerprint density at radius 2 is 1.94 bits per heavy atom. The van der Waals surface area contributed by atoms with Crippen LogP contribution in [-0.2, 0) is 14.3 Å². The Morgan fingerprint density at radius 1 is 1.35 bits per heavy atom. The second-order valence-corrected chi connectivity index (χ2v) is 5.65. The fourth-order valence-electron chi connectivity index (χ4n) is 2.05. The Bertz CT molecular complexity index is 285. The van der Waals surface area contributed by atoms with Gasteiger partial charge in [0.2, 0.25) is 0 Å². The van der Waals surface area contributed by atoms with Gasteiger partial charge in [-0.1, -0.05) is 20.8 Å². The summed E-state index contributed by atoms with van der Waals surface area (Å²) in [5, 5.41) is 0. The largest absolute Gasteiger partial charge is 0.381 e. The van der Waals surface area contributed by atoms with Crippen LogP contribution >= 0.6 is 0 Å². The van der Waals surface area contributed by atoms with Crippen molar-refractivity contribution in [2.45, 2.75) is 45.1 Å². The minimum Gasteiger partial charge on any atom is -0.381 e. The molecule has 3 nitrogen and oxygen atoms in total.